The minimum Gasteiger partial charge on any atom is -0.399 e. The van der Waals surface area contributed by atoms with E-state index in [0.717, 1.165) is 0 Å². The van der Waals surface area contributed by atoms with Crippen LogP contribution >= 0.6 is 0 Å². The van der Waals surface area contributed by atoms with Crippen LogP contribution in [-0.4, -0.2) is 29.9 Å². The van der Waals surface area contributed by atoms with Crippen molar-refractivity contribution in [3.8, 4) is 0 Å². The van der Waals surface area contributed by atoms with Crippen LogP contribution < -0.4 is 16.4 Å². The summed E-state index contributed by atoms with van der Waals surface area (Å²) in [5.74, 6) is 0.00790. The van der Waals surface area contributed by atoms with E-state index in [2.05, 4.69) is 15.6 Å². The van der Waals surface area contributed by atoms with Gasteiger partial charge in [0.1, 0.15) is 5.69 Å². The first-order chi connectivity index (χ1) is 8.99. The summed E-state index contributed by atoms with van der Waals surface area (Å²) < 4.78 is 0. The zero-order valence-electron chi connectivity index (χ0n) is 11.3. The van der Waals surface area contributed by atoms with Gasteiger partial charge in [0.15, 0.2) is 0 Å². The number of nitrogens with one attached hydrogen (secondary N) is 2. The van der Waals surface area contributed by atoms with Gasteiger partial charge in [-0.25, -0.2) is 0 Å². The summed E-state index contributed by atoms with van der Waals surface area (Å²) in [4.78, 5) is 27.0. The van der Waals surface area contributed by atoms with Gasteiger partial charge in [-0.3, -0.25) is 14.6 Å². The molecule has 0 aromatic carbocycles. The lowest BCUT2D eigenvalue weighted by Crippen LogP contribution is -2.32. The van der Waals surface area contributed by atoms with Crippen LogP contribution in [0.15, 0.2) is 18.3 Å². The van der Waals surface area contributed by atoms with Crippen molar-refractivity contribution in [2.75, 3.05) is 18.8 Å². The number of aromatic nitrogens is 1. The van der Waals surface area contributed by atoms with Gasteiger partial charge in [-0.2, -0.15) is 0 Å². The van der Waals surface area contributed by atoms with E-state index in [9.17, 15) is 9.59 Å². The van der Waals surface area contributed by atoms with Gasteiger partial charge >= 0.3 is 0 Å². The summed E-state index contributed by atoms with van der Waals surface area (Å²) in [5, 5.41) is 5.41. The zero-order valence-corrected chi connectivity index (χ0v) is 11.3. The van der Waals surface area contributed by atoms with Crippen LogP contribution in [0.3, 0.4) is 0 Å². The Kier molecular flexibility index (Phi) is 5.78. The largest absolute Gasteiger partial charge is 0.399 e. The third-order valence-electron chi connectivity index (χ3n) is 2.36. The van der Waals surface area contributed by atoms with Gasteiger partial charge in [0, 0.05) is 31.4 Å². The number of hydrogen-bond donors (Lipinski definition) is 3. The average molecular weight is 264 g/mol. The number of hydrogen-bond acceptors (Lipinski definition) is 4. The van der Waals surface area contributed by atoms with E-state index in [1.807, 2.05) is 13.8 Å². The molecule has 0 fully saturated rings. The molecule has 6 heteroatoms. The molecule has 1 rings (SSSR count). The summed E-state index contributed by atoms with van der Waals surface area (Å²) in [5.41, 5.74) is 6.29. The maximum atomic E-state index is 11.7. The maximum Gasteiger partial charge on any atom is 0.269 e. The van der Waals surface area contributed by atoms with Gasteiger partial charge in [0.2, 0.25) is 5.91 Å². The lowest BCUT2D eigenvalue weighted by Gasteiger charge is -2.08. The zero-order chi connectivity index (χ0) is 14.3. The standard InChI is InChI=1S/C13H20N4O2/c1-9(2)8-17-12(18)4-6-16-13(19)11-7-10(14)3-5-15-11/h3,5,7,9H,4,6,8H2,1-2H3,(H2,14,15)(H,16,19)(H,17,18). The van der Waals surface area contributed by atoms with Gasteiger partial charge in [-0.1, -0.05) is 13.8 Å². The Hall–Kier alpha value is -2.11. The number of nitrogens with zero attached hydrogens (tertiary/aromatic N) is 1. The van der Waals surface area contributed by atoms with Crippen LogP contribution in [0.1, 0.15) is 30.8 Å². The summed E-state index contributed by atoms with van der Waals surface area (Å²) in [7, 11) is 0. The number of pyridine rings is 1. The highest BCUT2D eigenvalue weighted by Crippen LogP contribution is 2.02. The molecule has 0 saturated carbocycles. The first-order valence-electron chi connectivity index (χ1n) is 6.25. The van der Waals surface area contributed by atoms with Gasteiger partial charge < -0.3 is 16.4 Å². The number of nitrogen functional groups attached to an aromatic ring is 1. The van der Waals surface area contributed by atoms with Gasteiger partial charge in [-0.15, -0.1) is 0 Å². The van der Waals surface area contributed by atoms with Gasteiger partial charge in [-0.05, 0) is 18.1 Å². The van der Waals surface area contributed by atoms with E-state index < -0.39 is 0 Å². The third-order valence-corrected chi connectivity index (χ3v) is 2.36. The average Bonchev–Trinajstić information content (AvgIpc) is 2.36. The minimum atomic E-state index is -0.330. The predicted molar refractivity (Wildman–Crippen MR) is 73.4 cm³/mol. The highest BCUT2D eigenvalue weighted by atomic mass is 16.2. The molecule has 0 saturated heterocycles. The van der Waals surface area contributed by atoms with Gasteiger partial charge in [0.05, 0.1) is 0 Å². The molecule has 0 spiro atoms. The van der Waals surface area contributed by atoms with Crippen molar-refractivity contribution in [2.24, 2.45) is 5.92 Å². The molecule has 1 heterocycles. The fourth-order valence-electron chi connectivity index (χ4n) is 1.36. The first-order valence-corrected chi connectivity index (χ1v) is 6.25. The van der Waals surface area contributed by atoms with Crippen LogP contribution in [0, 0.1) is 5.92 Å². The second-order valence-electron chi connectivity index (χ2n) is 4.68. The molecule has 0 bridgehead atoms. The van der Waals surface area contributed by atoms with E-state index in [-0.39, 0.29) is 30.5 Å². The van der Waals surface area contributed by atoms with Crippen molar-refractivity contribution in [2.45, 2.75) is 20.3 Å². The summed E-state index contributed by atoms with van der Waals surface area (Å²) >= 11 is 0. The Morgan fingerprint density at radius 3 is 2.74 bits per heavy atom. The Labute approximate surface area is 112 Å². The highest BCUT2D eigenvalue weighted by Gasteiger charge is 2.08. The normalized spacial score (nSPS) is 10.3. The molecule has 0 aliphatic rings. The Morgan fingerprint density at radius 2 is 2.11 bits per heavy atom. The molecule has 1 aromatic rings. The van der Waals surface area contributed by atoms with Gasteiger partial charge in [0.25, 0.3) is 5.91 Å². The molecule has 1 aromatic heterocycles. The maximum absolute atomic E-state index is 11.7. The monoisotopic (exact) mass is 264 g/mol. The number of amides is 2. The Morgan fingerprint density at radius 1 is 1.37 bits per heavy atom. The summed E-state index contributed by atoms with van der Waals surface area (Å²) in [6, 6.07) is 3.10. The van der Waals surface area contributed by atoms with E-state index >= 15 is 0 Å². The Balaban J connectivity index is 2.29. The van der Waals surface area contributed by atoms with Crippen LogP contribution in [0.2, 0.25) is 0 Å². The second kappa shape index (κ2) is 7.35. The quantitative estimate of drug-likeness (QED) is 0.699. The van der Waals surface area contributed by atoms with Crippen LogP contribution in [-0.2, 0) is 4.79 Å². The molecule has 0 radical (unpaired) electrons. The third kappa shape index (κ3) is 5.85. The Bertz CT molecular complexity index is 446. The molecular weight excluding hydrogens is 244 g/mol. The van der Waals surface area contributed by atoms with E-state index in [4.69, 9.17) is 5.73 Å². The number of carbonyl (C=O) groups excluding carboxylic acids is 2. The van der Waals surface area contributed by atoms with Crippen molar-refractivity contribution in [3.05, 3.63) is 24.0 Å². The number of rotatable bonds is 6. The van der Waals surface area contributed by atoms with Crippen LogP contribution in [0.4, 0.5) is 5.69 Å². The molecular formula is C13H20N4O2. The summed E-state index contributed by atoms with van der Waals surface area (Å²) in [6.07, 6.45) is 1.72. The van der Waals surface area contributed by atoms with Crippen LogP contribution in [0.5, 0.6) is 0 Å². The fourth-order valence-corrected chi connectivity index (χ4v) is 1.36. The first kappa shape index (κ1) is 14.9. The smallest absolute Gasteiger partial charge is 0.269 e. The molecule has 4 N–H and O–H groups in total. The van der Waals surface area contributed by atoms with Crippen molar-refractivity contribution < 1.29 is 9.59 Å². The molecule has 19 heavy (non-hydrogen) atoms. The number of anilines is 1. The molecule has 104 valence electrons. The molecule has 0 aliphatic carbocycles. The number of carbonyl (C=O) groups is 2. The predicted octanol–water partition coefficient (Wildman–Crippen LogP) is 0.556. The highest BCUT2D eigenvalue weighted by molar-refractivity contribution is 5.93. The molecule has 2 amide bonds. The second-order valence-corrected chi connectivity index (χ2v) is 4.68. The van der Waals surface area contributed by atoms with Crippen molar-refractivity contribution in [1.29, 1.82) is 0 Å². The molecule has 6 nitrogen and oxygen atoms in total. The lowest BCUT2D eigenvalue weighted by atomic mass is 10.2. The van der Waals surface area contributed by atoms with Crippen molar-refractivity contribution in [3.63, 3.8) is 0 Å². The topological polar surface area (TPSA) is 97.1 Å². The molecule has 0 unspecified atom stereocenters. The fraction of sp³-hybridized carbons (Fsp3) is 0.462. The lowest BCUT2D eigenvalue weighted by molar-refractivity contribution is -0.121. The van der Waals surface area contributed by atoms with E-state index in [0.29, 0.717) is 18.2 Å². The number of nitrogens with two attached hydrogens (primary N) is 1. The minimum absolute atomic E-state index is 0.0745. The van der Waals surface area contributed by atoms with Crippen molar-refractivity contribution >= 4 is 17.5 Å². The molecule has 0 atom stereocenters. The SMILES string of the molecule is CC(C)CNC(=O)CCNC(=O)c1cc(N)ccn1. The van der Waals surface area contributed by atoms with E-state index in [1.165, 1.54) is 12.3 Å². The van der Waals surface area contributed by atoms with Crippen LogP contribution in [0.25, 0.3) is 0 Å². The van der Waals surface area contributed by atoms with E-state index in [1.54, 1.807) is 6.07 Å². The molecule has 0 aliphatic heterocycles. The summed E-state index contributed by atoms with van der Waals surface area (Å²) in [6.45, 7) is 4.96. The van der Waals surface area contributed by atoms with Crippen molar-refractivity contribution in [1.82, 2.24) is 15.6 Å².